The van der Waals surface area contributed by atoms with Gasteiger partial charge in [-0.05, 0) is 49.1 Å². The Morgan fingerprint density at radius 3 is 2.44 bits per heavy atom. The topological polar surface area (TPSA) is 12.0 Å². The molecule has 100 valence electrons. The summed E-state index contributed by atoms with van der Waals surface area (Å²) in [6.07, 6.45) is 2.27. The molecule has 1 saturated carbocycles. The number of hydrogen-bond donors (Lipinski definition) is 1. The molecule has 2 rings (SSSR count). The fraction of sp³-hybridized carbons (Fsp3) is 0.538. The van der Waals surface area contributed by atoms with Crippen LogP contribution in [0.3, 0.4) is 0 Å². The van der Waals surface area contributed by atoms with E-state index in [0.29, 0.717) is 5.69 Å². The van der Waals surface area contributed by atoms with Crippen molar-refractivity contribution in [2.24, 2.45) is 5.41 Å². The number of rotatable bonds is 4. The number of anilines is 1. The van der Waals surface area contributed by atoms with E-state index in [0.717, 1.165) is 12.8 Å². The summed E-state index contributed by atoms with van der Waals surface area (Å²) in [5, 5.41) is 3.21. The molecule has 1 N–H and O–H groups in total. The summed E-state index contributed by atoms with van der Waals surface area (Å²) in [6, 6.07) is 6.78. The molecule has 0 aromatic heterocycles. The molecule has 1 nitrogen and oxygen atoms in total. The highest BCUT2D eigenvalue weighted by molar-refractivity contribution is 8.00. The maximum Gasteiger partial charge on any atom is 0.446 e. The van der Waals surface area contributed by atoms with E-state index in [1.807, 2.05) is 6.92 Å². The molecule has 1 unspecified atom stereocenters. The standard InChI is InChI=1S/C13H16F3NS/c1-9(12(2)7-8-12)17-10-5-3-4-6-11(10)18-13(14,15)16/h3-6,9,17H,7-8H2,1-2H3. The number of nitrogens with one attached hydrogen (secondary N) is 1. The molecule has 5 heteroatoms. The minimum atomic E-state index is -4.25. The molecule has 18 heavy (non-hydrogen) atoms. The van der Waals surface area contributed by atoms with Crippen molar-refractivity contribution >= 4 is 17.4 Å². The van der Waals surface area contributed by atoms with Crippen molar-refractivity contribution in [1.29, 1.82) is 0 Å². The van der Waals surface area contributed by atoms with E-state index in [1.165, 1.54) is 6.07 Å². The van der Waals surface area contributed by atoms with Crippen LogP contribution in [-0.2, 0) is 0 Å². The van der Waals surface area contributed by atoms with Crippen molar-refractivity contribution in [3.05, 3.63) is 24.3 Å². The molecular weight excluding hydrogens is 259 g/mol. The molecule has 0 heterocycles. The molecule has 1 aromatic carbocycles. The van der Waals surface area contributed by atoms with Crippen LogP contribution in [0.2, 0.25) is 0 Å². The number of halogens is 3. The minimum Gasteiger partial charge on any atom is -0.381 e. The first-order valence-electron chi connectivity index (χ1n) is 5.91. The molecule has 0 spiro atoms. The highest BCUT2D eigenvalue weighted by Crippen LogP contribution is 2.49. The zero-order valence-corrected chi connectivity index (χ0v) is 11.2. The van der Waals surface area contributed by atoms with Crippen LogP contribution in [0.25, 0.3) is 0 Å². The highest BCUT2D eigenvalue weighted by Gasteiger charge is 2.42. The molecule has 0 saturated heterocycles. The zero-order valence-electron chi connectivity index (χ0n) is 10.3. The average Bonchev–Trinajstić information content (AvgIpc) is 2.99. The number of benzene rings is 1. The van der Waals surface area contributed by atoms with Gasteiger partial charge in [0, 0.05) is 16.6 Å². The summed E-state index contributed by atoms with van der Waals surface area (Å²) in [4.78, 5) is 0.237. The second-order valence-electron chi connectivity index (χ2n) is 5.06. The molecule has 1 aliphatic carbocycles. The fourth-order valence-electron chi connectivity index (χ4n) is 1.84. The normalized spacial score (nSPS) is 19.4. The van der Waals surface area contributed by atoms with Gasteiger partial charge in [-0.2, -0.15) is 13.2 Å². The molecule has 1 aromatic rings. The number of alkyl halides is 3. The van der Waals surface area contributed by atoms with Gasteiger partial charge in [0.05, 0.1) is 0 Å². The van der Waals surface area contributed by atoms with Crippen molar-refractivity contribution in [3.8, 4) is 0 Å². The lowest BCUT2D eigenvalue weighted by molar-refractivity contribution is -0.0327. The van der Waals surface area contributed by atoms with Gasteiger partial charge in [-0.25, -0.2) is 0 Å². The Kier molecular flexibility index (Phi) is 3.54. The lowest BCUT2D eigenvalue weighted by Gasteiger charge is -2.23. The van der Waals surface area contributed by atoms with Crippen molar-refractivity contribution < 1.29 is 13.2 Å². The Morgan fingerprint density at radius 2 is 1.89 bits per heavy atom. The Morgan fingerprint density at radius 1 is 1.28 bits per heavy atom. The first kappa shape index (κ1) is 13.6. The van der Waals surface area contributed by atoms with Crippen LogP contribution in [0.15, 0.2) is 29.2 Å². The Balaban J connectivity index is 2.12. The van der Waals surface area contributed by atoms with Gasteiger partial charge in [-0.3, -0.25) is 0 Å². The molecule has 0 aliphatic heterocycles. The lowest BCUT2D eigenvalue weighted by Crippen LogP contribution is -2.25. The summed E-state index contributed by atoms with van der Waals surface area (Å²) in [7, 11) is 0. The maximum absolute atomic E-state index is 12.4. The van der Waals surface area contributed by atoms with Crippen LogP contribution in [-0.4, -0.2) is 11.6 Å². The van der Waals surface area contributed by atoms with Crippen LogP contribution < -0.4 is 5.32 Å². The van der Waals surface area contributed by atoms with E-state index < -0.39 is 5.51 Å². The van der Waals surface area contributed by atoms with E-state index in [2.05, 4.69) is 12.2 Å². The van der Waals surface area contributed by atoms with E-state index in [9.17, 15) is 13.2 Å². The van der Waals surface area contributed by atoms with Crippen LogP contribution in [0.4, 0.5) is 18.9 Å². The van der Waals surface area contributed by atoms with Gasteiger partial charge in [0.2, 0.25) is 0 Å². The van der Waals surface area contributed by atoms with Crippen molar-refractivity contribution in [2.75, 3.05) is 5.32 Å². The molecule has 1 fully saturated rings. The van der Waals surface area contributed by atoms with Crippen LogP contribution in [0, 0.1) is 5.41 Å². The number of para-hydroxylation sites is 1. The second kappa shape index (κ2) is 4.68. The number of hydrogen-bond acceptors (Lipinski definition) is 2. The average molecular weight is 275 g/mol. The summed E-state index contributed by atoms with van der Waals surface area (Å²) in [5.41, 5.74) is -3.44. The quantitative estimate of drug-likeness (QED) is 0.784. The molecular formula is C13H16F3NS. The first-order chi connectivity index (χ1) is 8.30. The summed E-state index contributed by atoms with van der Waals surface area (Å²) >= 11 is -0.0621. The van der Waals surface area contributed by atoms with Gasteiger partial charge < -0.3 is 5.32 Å². The summed E-state index contributed by atoms with van der Waals surface area (Å²) in [5.74, 6) is 0. The van der Waals surface area contributed by atoms with Crippen molar-refractivity contribution in [3.63, 3.8) is 0 Å². The smallest absolute Gasteiger partial charge is 0.381 e. The Hall–Kier alpha value is -0.840. The van der Waals surface area contributed by atoms with Gasteiger partial charge >= 0.3 is 5.51 Å². The minimum absolute atomic E-state index is 0.0621. The predicted molar refractivity (Wildman–Crippen MR) is 68.8 cm³/mol. The molecule has 1 aliphatic rings. The monoisotopic (exact) mass is 275 g/mol. The van der Waals surface area contributed by atoms with Crippen LogP contribution in [0.5, 0.6) is 0 Å². The first-order valence-corrected chi connectivity index (χ1v) is 6.73. The molecule has 0 radical (unpaired) electrons. The third-order valence-corrected chi connectivity index (χ3v) is 4.38. The highest BCUT2D eigenvalue weighted by atomic mass is 32.2. The second-order valence-corrected chi connectivity index (χ2v) is 6.17. The van der Waals surface area contributed by atoms with Crippen molar-refractivity contribution in [1.82, 2.24) is 0 Å². The zero-order chi connectivity index (χ0) is 13.4. The fourth-order valence-corrected chi connectivity index (χ4v) is 2.47. The van der Waals surface area contributed by atoms with Gasteiger partial charge in [-0.1, -0.05) is 19.1 Å². The Labute approximate surface area is 109 Å². The van der Waals surface area contributed by atoms with Gasteiger partial charge in [0.25, 0.3) is 0 Å². The van der Waals surface area contributed by atoms with E-state index in [4.69, 9.17) is 0 Å². The summed E-state index contributed by atoms with van der Waals surface area (Å²) in [6.45, 7) is 4.19. The third kappa shape index (κ3) is 3.34. The van der Waals surface area contributed by atoms with E-state index in [1.54, 1.807) is 18.2 Å². The predicted octanol–water partition coefficient (Wildman–Crippen LogP) is 4.90. The lowest BCUT2D eigenvalue weighted by atomic mass is 10.0. The third-order valence-electron chi connectivity index (χ3n) is 3.57. The summed E-state index contributed by atoms with van der Waals surface area (Å²) < 4.78 is 37.3. The Bertz CT molecular complexity index is 426. The molecule has 0 bridgehead atoms. The molecule has 1 atom stereocenters. The van der Waals surface area contributed by atoms with E-state index in [-0.39, 0.29) is 28.1 Å². The van der Waals surface area contributed by atoms with Gasteiger partial charge in [-0.15, -0.1) is 0 Å². The van der Waals surface area contributed by atoms with Gasteiger partial charge in [0.1, 0.15) is 0 Å². The van der Waals surface area contributed by atoms with E-state index >= 15 is 0 Å². The molecule has 0 amide bonds. The van der Waals surface area contributed by atoms with Gasteiger partial charge in [0.15, 0.2) is 0 Å². The largest absolute Gasteiger partial charge is 0.446 e. The van der Waals surface area contributed by atoms with Crippen molar-refractivity contribution in [2.45, 2.75) is 43.1 Å². The maximum atomic E-state index is 12.4. The van der Waals surface area contributed by atoms with Crippen LogP contribution >= 0.6 is 11.8 Å². The SMILES string of the molecule is CC(Nc1ccccc1SC(F)(F)F)C1(C)CC1. The number of thioether (sulfide) groups is 1. The van der Waals surface area contributed by atoms with Crippen LogP contribution in [0.1, 0.15) is 26.7 Å².